The van der Waals surface area contributed by atoms with Crippen LogP contribution in [0.25, 0.3) is 6.08 Å². The molecule has 1 heterocycles. The highest BCUT2D eigenvalue weighted by molar-refractivity contribution is 5.95. The number of piperazine rings is 1. The molecule has 1 aliphatic heterocycles. The molecule has 2 aromatic rings. The molecule has 0 bridgehead atoms. The average molecular weight is 443 g/mol. The summed E-state index contributed by atoms with van der Waals surface area (Å²) in [5, 5.41) is 2.93. The Morgan fingerprint density at radius 1 is 0.969 bits per heavy atom. The molecule has 2 amide bonds. The smallest absolute Gasteiger partial charge is 0.368 e. The van der Waals surface area contributed by atoms with Crippen LogP contribution < -0.4 is 10.2 Å². The molecule has 0 atom stereocenters. The van der Waals surface area contributed by atoms with E-state index in [-0.39, 0.29) is 11.8 Å². The van der Waals surface area contributed by atoms with Crippen LogP contribution in [0.4, 0.5) is 18.9 Å². The van der Waals surface area contributed by atoms with Gasteiger partial charge in [-0.1, -0.05) is 18.2 Å². The number of alkyl halides is 3. The number of nitrogens with zero attached hydrogens (tertiary/aromatic N) is 2. The fraction of sp³-hybridized carbons (Fsp3) is 0.333. The van der Waals surface area contributed by atoms with Gasteiger partial charge in [0.15, 0.2) is 0 Å². The Morgan fingerprint density at radius 2 is 1.66 bits per heavy atom. The maximum atomic E-state index is 12.9. The van der Waals surface area contributed by atoms with Crippen LogP contribution in [0.3, 0.4) is 0 Å². The van der Waals surface area contributed by atoms with Gasteiger partial charge in [-0.3, -0.25) is 9.59 Å². The largest absolute Gasteiger partial charge is 0.416 e. The molecule has 2 aromatic carbocycles. The number of hydrogen-bond acceptors (Lipinski definition) is 3. The van der Waals surface area contributed by atoms with Crippen LogP contribution in [0.1, 0.15) is 34.3 Å². The van der Waals surface area contributed by atoms with Gasteiger partial charge in [0.2, 0.25) is 5.91 Å². The van der Waals surface area contributed by atoms with Crippen molar-refractivity contribution >= 4 is 23.6 Å². The van der Waals surface area contributed by atoms with Crippen molar-refractivity contribution in [1.82, 2.24) is 10.2 Å². The Hall–Kier alpha value is -3.29. The molecule has 5 nitrogen and oxygen atoms in total. The van der Waals surface area contributed by atoms with Gasteiger partial charge in [-0.15, -0.1) is 0 Å². The molecule has 4 rings (SSSR count). The minimum absolute atomic E-state index is 0.0854. The molecule has 1 aliphatic carbocycles. The lowest BCUT2D eigenvalue weighted by atomic mass is 10.1. The molecule has 0 radical (unpaired) electrons. The molecule has 8 heteroatoms. The van der Waals surface area contributed by atoms with Crippen LogP contribution in [-0.2, 0) is 11.0 Å². The van der Waals surface area contributed by atoms with Crippen molar-refractivity contribution in [3.8, 4) is 0 Å². The third-order valence-electron chi connectivity index (χ3n) is 5.63. The van der Waals surface area contributed by atoms with Crippen molar-refractivity contribution in [3.63, 3.8) is 0 Å². The van der Waals surface area contributed by atoms with Gasteiger partial charge < -0.3 is 15.1 Å². The number of benzene rings is 2. The van der Waals surface area contributed by atoms with Gasteiger partial charge in [-0.2, -0.15) is 13.2 Å². The third-order valence-corrected chi connectivity index (χ3v) is 5.63. The lowest BCUT2D eigenvalue weighted by molar-refractivity contribution is -0.137. The summed E-state index contributed by atoms with van der Waals surface area (Å²) < 4.78 is 38.8. The molecule has 0 unspecified atom stereocenters. The van der Waals surface area contributed by atoms with E-state index in [0.29, 0.717) is 43.5 Å². The van der Waals surface area contributed by atoms with Gasteiger partial charge in [0, 0.05) is 49.5 Å². The van der Waals surface area contributed by atoms with E-state index in [1.807, 2.05) is 4.90 Å². The van der Waals surface area contributed by atoms with Crippen LogP contribution in [0.15, 0.2) is 54.6 Å². The van der Waals surface area contributed by atoms with Gasteiger partial charge in [0.05, 0.1) is 5.56 Å². The van der Waals surface area contributed by atoms with E-state index in [0.717, 1.165) is 30.5 Å². The highest BCUT2D eigenvalue weighted by Gasteiger charge is 2.31. The van der Waals surface area contributed by atoms with Crippen molar-refractivity contribution in [2.75, 3.05) is 31.1 Å². The van der Waals surface area contributed by atoms with Gasteiger partial charge in [-0.25, -0.2) is 0 Å². The normalized spacial score (nSPS) is 17.0. The number of carbonyl (C=O) groups is 2. The van der Waals surface area contributed by atoms with Crippen molar-refractivity contribution in [2.45, 2.75) is 25.1 Å². The first-order chi connectivity index (χ1) is 15.3. The Morgan fingerprint density at radius 3 is 2.28 bits per heavy atom. The second kappa shape index (κ2) is 9.06. The monoisotopic (exact) mass is 443 g/mol. The van der Waals surface area contributed by atoms with Crippen molar-refractivity contribution in [2.24, 2.45) is 0 Å². The van der Waals surface area contributed by atoms with Crippen molar-refractivity contribution < 1.29 is 22.8 Å². The third kappa shape index (κ3) is 5.49. The summed E-state index contributed by atoms with van der Waals surface area (Å²) in [6.07, 6.45) is 0.868. The topological polar surface area (TPSA) is 52.7 Å². The molecule has 2 fully saturated rings. The Bertz CT molecular complexity index is 1010. The van der Waals surface area contributed by atoms with Crippen LogP contribution in [0.2, 0.25) is 0 Å². The van der Waals surface area contributed by atoms with E-state index < -0.39 is 11.7 Å². The minimum atomic E-state index is -4.38. The summed E-state index contributed by atoms with van der Waals surface area (Å²) in [6.45, 7) is 1.79. The standard InChI is InChI=1S/C24H24F3N3O2/c25-24(26,27)19-2-1-3-21(16-19)29-12-14-30(15-13-29)22(31)11-6-17-4-7-18(8-5-17)23(32)28-20-9-10-20/h1-8,11,16,20H,9-10,12-15H2,(H,28,32)/b11-6+. The van der Waals surface area contributed by atoms with E-state index >= 15 is 0 Å². The van der Waals surface area contributed by atoms with E-state index in [4.69, 9.17) is 0 Å². The van der Waals surface area contributed by atoms with Crippen molar-refractivity contribution in [1.29, 1.82) is 0 Å². The second-order valence-corrected chi connectivity index (χ2v) is 8.06. The number of rotatable bonds is 5. The van der Waals surface area contributed by atoms with Gasteiger partial charge >= 0.3 is 6.18 Å². The number of amides is 2. The molecular formula is C24H24F3N3O2. The fourth-order valence-electron chi connectivity index (χ4n) is 3.58. The minimum Gasteiger partial charge on any atom is -0.368 e. The number of anilines is 1. The second-order valence-electron chi connectivity index (χ2n) is 8.06. The van der Waals surface area contributed by atoms with Crippen molar-refractivity contribution in [3.05, 3.63) is 71.3 Å². The number of halogens is 3. The van der Waals surface area contributed by atoms with Gasteiger partial charge in [-0.05, 0) is 54.8 Å². The van der Waals surface area contributed by atoms with Crippen LogP contribution >= 0.6 is 0 Å². The highest BCUT2D eigenvalue weighted by atomic mass is 19.4. The number of nitrogens with one attached hydrogen (secondary N) is 1. The molecule has 168 valence electrons. The van der Waals surface area contributed by atoms with E-state index in [2.05, 4.69) is 5.32 Å². The molecular weight excluding hydrogens is 419 g/mol. The lowest BCUT2D eigenvalue weighted by Crippen LogP contribution is -2.48. The molecule has 0 aromatic heterocycles. The van der Waals surface area contributed by atoms with Crippen LogP contribution in [0, 0.1) is 0 Å². The quantitative estimate of drug-likeness (QED) is 0.712. The molecule has 0 spiro atoms. The van der Waals surface area contributed by atoms with Crippen LogP contribution in [0.5, 0.6) is 0 Å². The summed E-state index contributed by atoms with van der Waals surface area (Å²) >= 11 is 0. The summed E-state index contributed by atoms with van der Waals surface area (Å²) in [5.41, 5.74) is 1.23. The predicted molar refractivity (Wildman–Crippen MR) is 116 cm³/mol. The average Bonchev–Trinajstić information content (AvgIpc) is 3.61. The first kappa shape index (κ1) is 21.9. The summed E-state index contributed by atoms with van der Waals surface area (Å²) in [7, 11) is 0. The first-order valence-electron chi connectivity index (χ1n) is 10.6. The zero-order valence-corrected chi connectivity index (χ0v) is 17.4. The Balaban J connectivity index is 1.30. The molecule has 2 aliphatic rings. The maximum Gasteiger partial charge on any atom is 0.416 e. The van der Waals surface area contributed by atoms with Gasteiger partial charge in [0.1, 0.15) is 0 Å². The van der Waals surface area contributed by atoms with Gasteiger partial charge in [0.25, 0.3) is 5.91 Å². The maximum absolute atomic E-state index is 12.9. The SMILES string of the molecule is O=C(NC1CC1)c1ccc(/C=C/C(=O)N2CCN(c3cccc(C(F)(F)F)c3)CC2)cc1. The molecule has 32 heavy (non-hydrogen) atoms. The predicted octanol–water partition coefficient (Wildman–Crippen LogP) is 3.96. The zero-order chi connectivity index (χ0) is 22.7. The summed E-state index contributed by atoms with van der Waals surface area (Å²) in [4.78, 5) is 28.1. The Labute approximate surface area is 184 Å². The molecule has 1 saturated carbocycles. The molecule has 1 saturated heterocycles. The van der Waals surface area contributed by atoms with E-state index in [9.17, 15) is 22.8 Å². The zero-order valence-electron chi connectivity index (χ0n) is 17.4. The summed E-state index contributed by atoms with van der Waals surface area (Å²) in [6, 6.07) is 12.6. The molecule has 1 N–H and O–H groups in total. The fourth-order valence-corrected chi connectivity index (χ4v) is 3.58. The highest BCUT2D eigenvalue weighted by Crippen LogP contribution is 2.31. The van der Waals surface area contributed by atoms with E-state index in [1.54, 1.807) is 41.3 Å². The number of carbonyl (C=O) groups excluding carboxylic acids is 2. The Kier molecular flexibility index (Phi) is 6.21. The van der Waals surface area contributed by atoms with Crippen LogP contribution in [-0.4, -0.2) is 48.9 Å². The summed E-state index contributed by atoms with van der Waals surface area (Å²) in [5.74, 6) is -0.234. The number of hydrogen-bond donors (Lipinski definition) is 1. The lowest BCUT2D eigenvalue weighted by Gasteiger charge is -2.35. The van der Waals surface area contributed by atoms with E-state index in [1.165, 1.54) is 12.1 Å². The first-order valence-corrected chi connectivity index (χ1v) is 10.6.